The average molecular weight is 564 g/mol. The standard InChI is InChI=1S/C27H36F3N7O3/c1-14(2)23(32)19-9-20(22(38)10-21(19)31)24-34-35-25(26(39)33-13-27(28,29)30)37(24)18-7-5-17(6-8-18)36-11-15(3)40-16(4)12-36/h5-10,14-16,23,26,33,38-39H,11-13,31-32H2,1-4H3. The number of nitrogens with two attached hydrogens (primary N) is 2. The number of alkyl halides is 3. The Morgan fingerprint density at radius 3 is 2.25 bits per heavy atom. The monoisotopic (exact) mass is 563 g/mol. The number of hydrogen-bond donors (Lipinski definition) is 5. The summed E-state index contributed by atoms with van der Waals surface area (Å²) in [7, 11) is 0. The maximum Gasteiger partial charge on any atom is 0.401 e. The number of phenols is 1. The zero-order valence-electron chi connectivity index (χ0n) is 22.9. The highest BCUT2D eigenvalue weighted by Gasteiger charge is 2.31. The van der Waals surface area contributed by atoms with Crippen LogP contribution < -0.4 is 21.7 Å². The lowest BCUT2D eigenvalue weighted by atomic mass is 9.93. The van der Waals surface area contributed by atoms with Gasteiger partial charge in [0.2, 0.25) is 0 Å². The molecule has 1 fully saturated rings. The molecule has 7 N–H and O–H groups in total. The molecule has 4 rings (SSSR count). The van der Waals surface area contributed by atoms with Gasteiger partial charge in [-0.1, -0.05) is 13.8 Å². The van der Waals surface area contributed by atoms with Crippen LogP contribution in [0.3, 0.4) is 0 Å². The maximum absolute atomic E-state index is 12.9. The zero-order chi connectivity index (χ0) is 29.4. The number of rotatable bonds is 8. The average Bonchev–Trinajstić information content (AvgIpc) is 3.31. The van der Waals surface area contributed by atoms with Gasteiger partial charge in [-0.25, -0.2) is 0 Å². The van der Waals surface area contributed by atoms with Gasteiger partial charge in [0.1, 0.15) is 5.75 Å². The van der Waals surface area contributed by atoms with Crippen molar-refractivity contribution < 1.29 is 28.1 Å². The minimum absolute atomic E-state index is 0.0275. The van der Waals surface area contributed by atoms with Gasteiger partial charge in [-0.15, -0.1) is 10.2 Å². The molecule has 4 atom stereocenters. The first-order valence-corrected chi connectivity index (χ1v) is 13.1. The molecule has 0 bridgehead atoms. The Kier molecular flexibility index (Phi) is 8.59. The number of benzene rings is 2. The number of ether oxygens (including phenoxy) is 1. The number of morpholine rings is 1. The molecule has 1 aliphatic heterocycles. The first-order valence-electron chi connectivity index (χ1n) is 13.1. The number of nitrogens with one attached hydrogen (secondary N) is 1. The third-order valence-corrected chi connectivity index (χ3v) is 6.84. The van der Waals surface area contributed by atoms with E-state index in [4.69, 9.17) is 16.2 Å². The summed E-state index contributed by atoms with van der Waals surface area (Å²) in [6.07, 6.45) is -6.26. The molecule has 0 aliphatic carbocycles. The first kappa shape index (κ1) is 29.6. The molecule has 0 saturated carbocycles. The van der Waals surface area contributed by atoms with E-state index < -0.39 is 25.0 Å². The fourth-order valence-corrected chi connectivity index (χ4v) is 4.86. The summed E-state index contributed by atoms with van der Waals surface area (Å²) in [6.45, 7) is 7.81. The molecule has 0 radical (unpaired) electrons. The highest BCUT2D eigenvalue weighted by atomic mass is 19.4. The summed E-state index contributed by atoms with van der Waals surface area (Å²) in [4.78, 5) is 2.18. The molecular formula is C27H36F3N7O3. The number of anilines is 2. The summed E-state index contributed by atoms with van der Waals surface area (Å²) < 4.78 is 45.9. The predicted molar refractivity (Wildman–Crippen MR) is 146 cm³/mol. The van der Waals surface area contributed by atoms with Crippen LogP contribution in [-0.4, -0.2) is 63.0 Å². The first-order chi connectivity index (χ1) is 18.7. The fraction of sp³-hybridized carbons (Fsp3) is 0.481. The van der Waals surface area contributed by atoms with Crippen LogP contribution >= 0.6 is 0 Å². The van der Waals surface area contributed by atoms with Gasteiger partial charge < -0.3 is 31.3 Å². The summed E-state index contributed by atoms with van der Waals surface area (Å²) in [5.74, 6) is -0.284. The molecule has 0 amide bonds. The van der Waals surface area contributed by atoms with Gasteiger partial charge >= 0.3 is 6.18 Å². The smallest absolute Gasteiger partial charge is 0.401 e. The van der Waals surface area contributed by atoms with E-state index in [0.717, 1.165) is 5.69 Å². The van der Waals surface area contributed by atoms with Gasteiger partial charge in [0.05, 0.1) is 24.3 Å². The van der Waals surface area contributed by atoms with E-state index in [1.165, 1.54) is 10.6 Å². The molecule has 10 nitrogen and oxygen atoms in total. The Morgan fingerprint density at radius 2 is 1.68 bits per heavy atom. The lowest BCUT2D eigenvalue weighted by Gasteiger charge is -2.37. The molecule has 2 aromatic carbocycles. The molecule has 1 aromatic heterocycles. The highest BCUT2D eigenvalue weighted by Crippen LogP contribution is 2.38. The number of aromatic nitrogens is 3. The number of aliphatic hydroxyl groups is 1. The number of hydrogen-bond acceptors (Lipinski definition) is 9. The molecule has 2 heterocycles. The molecule has 1 saturated heterocycles. The number of nitrogen functional groups attached to an aromatic ring is 1. The Hall–Kier alpha value is -3.39. The molecular weight excluding hydrogens is 527 g/mol. The number of nitrogens with zero attached hydrogens (tertiary/aromatic N) is 4. The Balaban J connectivity index is 1.80. The van der Waals surface area contributed by atoms with Gasteiger partial charge in [0, 0.05) is 42.3 Å². The van der Waals surface area contributed by atoms with Crippen LogP contribution in [0.15, 0.2) is 36.4 Å². The van der Waals surface area contributed by atoms with Crippen molar-refractivity contribution in [3.8, 4) is 22.8 Å². The van der Waals surface area contributed by atoms with Gasteiger partial charge in [-0.05, 0) is 55.7 Å². The van der Waals surface area contributed by atoms with Gasteiger partial charge in [0.15, 0.2) is 17.9 Å². The number of halogens is 3. The summed E-state index contributed by atoms with van der Waals surface area (Å²) >= 11 is 0. The predicted octanol–water partition coefficient (Wildman–Crippen LogP) is 3.63. The van der Waals surface area contributed by atoms with Crippen LogP contribution in [0, 0.1) is 5.92 Å². The third kappa shape index (κ3) is 6.49. The topological polar surface area (TPSA) is 148 Å². The summed E-state index contributed by atoms with van der Waals surface area (Å²) in [5, 5.41) is 31.7. The third-order valence-electron chi connectivity index (χ3n) is 6.84. The Bertz CT molecular complexity index is 1300. The quantitative estimate of drug-likeness (QED) is 0.205. The number of aromatic hydroxyl groups is 1. The van der Waals surface area contributed by atoms with Crippen LogP contribution in [-0.2, 0) is 4.74 Å². The second-order valence-electron chi connectivity index (χ2n) is 10.6. The van der Waals surface area contributed by atoms with Crippen molar-refractivity contribution in [2.75, 3.05) is 30.3 Å². The molecule has 1 aliphatic rings. The molecule has 4 unspecified atom stereocenters. The van der Waals surface area contributed by atoms with E-state index in [9.17, 15) is 23.4 Å². The Morgan fingerprint density at radius 1 is 1.07 bits per heavy atom. The van der Waals surface area contributed by atoms with Gasteiger partial charge in [-0.3, -0.25) is 9.88 Å². The zero-order valence-corrected chi connectivity index (χ0v) is 22.9. The van der Waals surface area contributed by atoms with E-state index in [2.05, 4.69) is 15.1 Å². The van der Waals surface area contributed by atoms with Crippen molar-refractivity contribution in [3.05, 3.63) is 47.8 Å². The Labute approximate surface area is 230 Å². The molecule has 40 heavy (non-hydrogen) atoms. The molecule has 218 valence electrons. The van der Waals surface area contributed by atoms with Crippen molar-refractivity contribution >= 4 is 11.4 Å². The minimum Gasteiger partial charge on any atom is -0.507 e. The van der Waals surface area contributed by atoms with E-state index in [1.54, 1.807) is 18.2 Å². The second kappa shape index (κ2) is 11.6. The van der Waals surface area contributed by atoms with Crippen molar-refractivity contribution in [1.82, 2.24) is 20.1 Å². The van der Waals surface area contributed by atoms with Crippen LogP contribution in [0.25, 0.3) is 17.1 Å². The maximum atomic E-state index is 12.9. The van der Waals surface area contributed by atoms with Crippen molar-refractivity contribution in [2.24, 2.45) is 11.7 Å². The summed E-state index contributed by atoms with van der Waals surface area (Å²) in [5.41, 5.74) is 15.0. The SMILES string of the molecule is CC1CN(c2ccc(-n3c(-c4cc(C(N)C(C)C)c(N)cc4O)nnc3C(O)NCC(F)(F)F)cc2)CC(C)O1. The van der Waals surface area contributed by atoms with E-state index >= 15 is 0 Å². The van der Waals surface area contributed by atoms with Crippen molar-refractivity contribution in [1.29, 1.82) is 0 Å². The van der Waals surface area contributed by atoms with Crippen molar-refractivity contribution in [3.63, 3.8) is 0 Å². The lowest BCUT2D eigenvalue weighted by Crippen LogP contribution is -2.45. The lowest BCUT2D eigenvalue weighted by molar-refractivity contribution is -0.131. The van der Waals surface area contributed by atoms with Crippen LogP contribution in [0.4, 0.5) is 24.5 Å². The second-order valence-corrected chi connectivity index (χ2v) is 10.6. The van der Waals surface area contributed by atoms with Gasteiger partial charge in [-0.2, -0.15) is 13.2 Å². The van der Waals surface area contributed by atoms with Crippen LogP contribution in [0.5, 0.6) is 5.75 Å². The fourth-order valence-electron chi connectivity index (χ4n) is 4.86. The molecule has 3 aromatic rings. The van der Waals surface area contributed by atoms with E-state index in [0.29, 0.717) is 30.0 Å². The summed E-state index contributed by atoms with van der Waals surface area (Å²) in [6, 6.07) is 9.74. The van der Waals surface area contributed by atoms with Gasteiger partial charge in [0.25, 0.3) is 0 Å². The van der Waals surface area contributed by atoms with Crippen LogP contribution in [0.2, 0.25) is 0 Å². The highest BCUT2D eigenvalue weighted by molar-refractivity contribution is 5.72. The molecule has 13 heteroatoms. The van der Waals surface area contributed by atoms with Crippen molar-refractivity contribution in [2.45, 2.75) is 58.3 Å². The minimum atomic E-state index is -4.56. The van der Waals surface area contributed by atoms with E-state index in [1.807, 2.05) is 45.1 Å². The van der Waals surface area contributed by atoms with E-state index in [-0.39, 0.29) is 41.1 Å². The largest absolute Gasteiger partial charge is 0.507 e. The number of aliphatic hydroxyl groups excluding tert-OH is 1. The normalized spacial score (nSPS) is 19.7. The molecule has 0 spiro atoms. The van der Waals surface area contributed by atoms with Crippen LogP contribution in [0.1, 0.15) is 51.4 Å². The number of phenolic OH excluding ortho intramolecular Hbond substituents is 1.